The highest BCUT2D eigenvalue weighted by Gasteiger charge is 2.33. The summed E-state index contributed by atoms with van der Waals surface area (Å²) in [7, 11) is 1.66. The van der Waals surface area contributed by atoms with Gasteiger partial charge in [-0.05, 0) is 49.3 Å². The molecule has 24 heavy (non-hydrogen) atoms. The number of carbonyl (C=O) groups excluding carboxylic acids is 1. The molecule has 3 rings (SSSR count). The molecule has 0 aromatic heterocycles. The van der Waals surface area contributed by atoms with Crippen LogP contribution in [0.25, 0.3) is 0 Å². The summed E-state index contributed by atoms with van der Waals surface area (Å²) in [4.78, 5) is 13.5. The summed E-state index contributed by atoms with van der Waals surface area (Å²) in [5, 5.41) is 9.08. The van der Waals surface area contributed by atoms with Crippen LogP contribution in [0.15, 0.2) is 18.2 Å². The number of hydrogen-bond donors (Lipinski definition) is 1. The van der Waals surface area contributed by atoms with E-state index in [0.717, 1.165) is 24.3 Å². The van der Waals surface area contributed by atoms with E-state index in [9.17, 15) is 4.79 Å². The lowest BCUT2D eigenvalue weighted by atomic mass is 9.90. The van der Waals surface area contributed by atoms with Gasteiger partial charge in [0, 0.05) is 19.0 Å². The van der Waals surface area contributed by atoms with E-state index in [1.54, 1.807) is 12.0 Å². The van der Waals surface area contributed by atoms with Crippen LogP contribution in [0.3, 0.4) is 0 Å². The summed E-state index contributed by atoms with van der Waals surface area (Å²) in [5.41, 5.74) is 1.17. The van der Waals surface area contributed by atoms with Crippen molar-refractivity contribution in [2.45, 2.75) is 44.6 Å². The van der Waals surface area contributed by atoms with Gasteiger partial charge in [0.2, 0.25) is 5.91 Å². The van der Waals surface area contributed by atoms with Gasteiger partial charge in [-0.25, -0.2) is 0 Å². The van der Waals surface area contributed by atoms with E-state index >= 15 is 0 Å². The zero-order chi connectivity index (χ0) is 17.1. The molecule has 2 atom stereocenters. The van der Waals surface area contributed by atoms with Crippen LogP contribution >= 0.6 is 0 Å². The van der Waals surface area contributed by atoms with E-state index in [1.807, 2.05) is 6.07 Å². The van der Waals surface area contributed by atoms with Crippen molar-refractivity contribution in [3.05, 3.63) is 23.8 Å². The molecule has 1 saturated carbocycles. The number of aliphatic hydroxyl groups excluding tert-OH is 1. The first kappa shape index (κ1) is 17.1. The Balaban J connectivity index is 1.79. The molecular weight excluding hydrogens is 306 g/mol. The van der Waals surface area contributed by atoms with Crippen LogP contribution in [0, 0.1) is 5.92 Å². The minimum absolute atomic E-state index is 0.194. The Bertz CT molecular complexity index is 583. The van der Waals surface area contributed by atoms with Gasteiger partial charge >= 0.3 is 0 Å². The number of nitrogens with zero attached hydrogens (tertiary/aromatic N) is 1. The standard InChI is InChI=1S/C19H27NO4/c1-13-10-20(19(22)12-21)11-16(13)14-7-8-17(23-2)18(9-14)24-15-5-3-4-6-15/h7-9,13,15-16,21H,3-6,10-12H2,1-2H3. The maximum atomic E-state index is 11.8. The first-order chi connectivity index (χ1) is 11.6. The van der Waals surface area contributed by atoms with Gasteiger partial charge < -0.3 is 19.5 Å². The van der Waals surface area contributed by atoms with Crippen molar-refractivity contribution >= 4 is 5.91 Å². The fraction of sp³-hybridized carbons (Fsp3) is 0.632. The second kappa shape index (κ2) is 7.43. The van der Waals surface area contributed by atoms with Crippen LogP contribution in [-0.4, -0.2) is 48.8 Å². The molecule has 1 aliphatic carbocycles. The summed E-state index contributed by atoms with van der Waals surface area (Å²) < 4.78 is 11.6. The Labute approximate surface area is 143 Å². The minimum Gasteiger partial charge on any atom is -0.493 e. The quantitative estimate of drug-likeness (QED) is 0.900. The molecule has 1 aromatic carbocycles. The maximum Gasteiger partial charge on any atom is 0.248 e. The molecule has 0 bridgehead atoms. The molecule has 1 aromatic rings. The fourth-order valence-electron chi connectivity index (χ4n) is 3.91. The van der Waals surface area contributed by atoms with E-state index in [0.29, 0.717) is 19.0 Å². The SMILES string of the molecule is COc1ccc(C2CN(C(=O)CO)CC2C)cc1OC1CCCC1. The first-order valence-corrected chi connectivity index (χ1v) is 8.85. The number of carbonyl (C=O) groups is 1. The molecule has 1 aliphatic heterocycles. The molecule has 5 nitrogen and oxygen atoms in total. The maximum absolute atomic E-state index is 11.8. The number of hydrogen-bond acceptors (Lipinski definition) is 4. The van der Waals surface area contributed by atoms with Gasteiger partial charge in [-0.15, -0.1) is 0 Å². The van der Waals surface area contributed by atoms with Gasteiger partial charge in [0.05, 0.1) is 13.2 Å². The Hall–Kier alpha value is -1.75. The van der Waals surface area contributed by atoms with Crippen molar-refractivity contribution in [3.63, 3.8) is 0 Å². The number of aliphatic hydroxyl groups is 1. The zero-order valence-corrected chi connectivity index (χ0v) is 14.5. The minimum atomic E-state index is -0.419. The predicted molar refractivity (Wildman–Crippen MR) is 91.4 cm³/mol. The Morgan fingerprint density at radius 3 is 2.67 bits per heavy atom. The summed E-state index contributed by atoms with van der Waals surface area (Å²) >= 11 is 0. The molecule has 2 fully saturated rings. The zero-order valence-electron chi connectivity index (χ0n) is 14.5. The number of ether oxygens (including phenoxy) is 2. The summed E-state index contributed by atoms with van der Waals surface area (Å²) in [5.74, 6) is 1.99. The molecule has 132 valence electrons. The van der Waals surface area contributed by atoms with Crippen molar-refractivity contribution < 1.29 is 19.4 Å². The predicted octanol–water partition coefficient (Wildman–Crippen LogP) is 2.57. The van der Waals surface area contributed by atoms with E-state index in [1.165, 1.54) is 18.4 Å². The van der Waals surface area contributed by atoms with Crippen molar-refractivity contribution in [2.24, 2.45) is 5.92 Å². The summed E-state index contributed by atoms with van der Waals surface area (Å²) in [6, 6.07) is 6.10. The van der Waals surface area contributed by atoms with Crippen LogP contribution in [0.2, 0.25) is 0 Å². The molecular formula is C19H27NO4. The van der Waals surface area contributed by atoms with E-state index < -0.39 is 6.61 Å². The van der Waals surface area contributed by atoms with Crippen molar-refractivity contribution in [1.82, 2.24) is 4.90 Å². The van der Waals surface area contributed by atoms with Gasteiger partial charge in [0.1, 0.15) is 6.61 Å². The lowest BCUT2D eigenvalue weighted by Gasteiger charge is -2.20. The van der Waals surface area contributed by atoms with Gasteiger partial charge in [0.25, 0.3) is 0 Å². The van der Waals surface area contributed by atoms with Gasteiger partial charge in [-0.2, -0.15) is 0 Å². The molecule has 0 spiro atoms. The van der Waals surface area contributed by atoms with Crippen molar-refractivity contribution in [1.29, 1.82) is 0 Å². The highest BCUT2D eigenvalue weighted by molar-refractivity contribution is 5.77. The van der Waals surface area contributed by atoms with E-state index in [2.05, 4.69) is 19.1 Å². The average Bonchev–Trinajstić information content (AvgIpc) is 3.23. The molecule has 1 N–H and O–H groups in total. The van der Waals surface area contributed by atoms with E-state index in [-0.39, 0.29) is 17.9 Å². The number of methoxy groups -OCH3 is 1. The molecule has 0 radical (unpaired) electrons. The molecule has 1 amide bonds. The highest BCUT2D eigenvalue weighted by atomic mass is 16.5. The topological polar surface area (TPSA) is 59.0 Å². The van der Waals surface area contributed by atoms with Crippen LogP contribution in [0.1, 0.15) is 44.1 Å². The fourth-order valence-corrected chi connectivity index (χ4v) is 3.91. The van der Waals surface area contributed by atoms with Gasteiger partial charge in [-0.1, -0.05) is 13.0 Å². The highest BCUT2D eigenvalue weighted by Crippen LogP contribution is 2.38. The Morgan fingerprint density at radius 1 is 1.25 bits per heavy atom. The van der Waals surface area contributed by atoms with E-state index in [4.69, 9.17) is 14.6 Å². The molecule has 2 unspecified atom stereocenters. The normalized spacial score (nSPS) is 24.4. The molecule has 1 heterocycles. The van der Waals surface area contributed by atoms with Crippen molar-refractivity contribution in [2.75, 3.05) is 26.8 Å². The third-order valence-corrected chi connectivity index (χ3v) is 5.31. The second-order valence-corrected chi connectivity index (χ2v) is 6.98. The lowest BCUT2D eigenvalue weighted by Crippen LogP contribution is -2.31. The lowest BCUT2D eigenvalue weighted by molar-refractivity contribution is -0.133. The van der Waals surface area contributed by atoms with Crippen LogP contribution < -0.4 is 9.47 Å². The molecule has 5 heteroatoms. The largest absolute Gasteiger partial charge is 0.493 e. The average molecular weight is 333 g/mol. The Morgan fingerprint density at radius 2 is 2.00 bits per heavy atom. The Kier molecular flexibility index (Phi) is 5.29. The monoisotopic (exact) mass is 333 g/mol. The summed E-state index contributed by atoms with van der Waals surface area (Å²) in [6.07, 6.45) is 4.94. The van der Waals surface area contributed by atoms with Gasteiger partial charge in [0.15, 0.2) is 11.5 Å². The number of rotatable bonds is 5. The van der Waals surface area contributed by atoms with Crippen LogP contribution in [0.4, 0.5) is 0 Å². The first-order valence-electron chi connectivity index (χ1n) is 8.85. The third-order valence-electron chi connectivity index (χ3n) is 5.31. The molecule has 2 aliphatic rings. The molecule has 1 saturated heterocycles. The van der Waals surface area contributed by atoms with Crippen molar-refractivity contribution in [3.8, 4) is 11.5 Å². The number of benzene rings is 1. The van der Waals surface area contributed by atoms with Crippen LogP contribution in [0.5, 0.6) is 11.5 Å². The van der Waals surface area contributed by atoms with Crippen LogP contribution in [-0.2, 0) is 4.79 Å². The third kappa shape index (κ3) is 3.51. The number of amides is 1. The number of likely N-dealkylation sites (tertiary alicyclic amines) is 1. The second-order valence-electron chi connectivity index (χ2n) is 6.98. The smallest absolute Gasteiger partial charge is 0.248 e. The van der Waals surface area contributed by atoms with Gasteiger partial charge in [-0.3, -0.25) is 4.79 Å². The summed E-state index contributed by atoms with van der Waals surface area (Å²) in [6.45, 7) is 3.07.